The van der Waals surface area contributed by atoms with Crippen molar-refractivity contribution in [2.75, 3.05) is 13.7 Å². The first-order chi connectivity index (χ1) is 8.67. The molecule has 1 atom stereocenters. The van der Waals surface area contributed by atoms with Crippen LogP contribution >= 0.6 is 0 Å². The molecule has 0 aliphatic rings. The number of hydrogen-bond acceptors (Lipinski definition) is 4. The van der Waals surface area contributed by atoms with Gasteiger partial charge in [-0.1, -0.05) is 30.3 Å². The molecule has 0 aliphatic carbocycles. The number of hydrogen-bond donors (Lipinski definition) is 2. The fourth-order valence-corrected chi connectivity index (χ4v) is 1.28. The van der Waals surface area contributed by atoms with Crippen molar-refractivity contribution < 1.29 is 19.4 Å². The van der Waals surface area contributed by atoms with Crippen LogP contribution in [0.2, 0.25) is 0 Å². The summed E-state index contributed by atoms with van der Waals surface area (Å²) < 4.78 is 4.43. The smallest absolute Gasteiger partial charge is 0.330 e. The van der Waals surface area contributed by atoms with E-state index in [-0.39, 0.29) is 0 Å². The van der Waals surface area contributed by atoms with Crippen molar-refractivity contribution in [3.63, 3.8) is 0 Å². The number of esters is 1. The number of carbonyl (C=O) groups is 2. The summed E-state index contributed by atoms with van der Waals surface area (Å²) in [6.07, 6.45) is 2.90. The monoisotopic (exact) mass is 249 g/mol. The molecule has 1 aromatic carbocycles. The van der Waals surface area contributed by atoms with E-state index in [1.807, 2.05) is 30.3 Å². The summed E-state index contributed by atoms with van der Waals surface area (Å²) >= 11 is 0. The van der Waals surface area contributed by atoms with Crippen LogP contribution in [0, 0.1) is 0 Å². The normalized spacial score (nSPS) is 12.1. The number of aliphatic hydroxyl groups is 1. The largest absolute Gasteiger partial charge is 0.467 e. The van der Waals surface area contributed by atoms with E-state index in [1.165, 1.54) is 13.2 Å². The van der Waals surface area contributed by atoms with E-state index in [9.17, 15) is 9.59 Å². The molecule has 96 valence electrons. The van der Waals surface area contributed by atoms with E-state index < -0.39 is 24.5 Å². The third-order valence-corrected chi connectivity index (χ3v) is 2.21. The summed E-state index contributed by atoms with van der Waals surface area (Å²) in [5.74, 6) is -1.15. The average Bonchev–Trinajstić information content (AvgIpc) is 2.42. The minimum absolute atomic E-state index is 0.469. The molecule has 1 amide bonds. The van der Waals surface area contributed by atoms with Gasteiger partial charge in [0.1, 0.15) is 0 Å². The van der Waals surface area contributed by atoms with Crippen molar-refractivity contribution in [2.24, 2.45) is 0 Å². The van der Waals surface area contributed by atoms with Gasteiger partial charge in [0, 0.05) is 6.08 Å². The predicted molar refractivity (Wildman–Crippen MR) is 66.5 cm³/mol. The number of methoxy groups -OCH3 is 1. The lowest BCUT2D eigenvalue weighted by Crippen LogP contribution is -2.43. The van der Waals surface area contributed by atoms with Gasteiger partial charge in [-0.3, -0.25) is 4.79 Å². The molecule has 0 saturated carbocycles. The standard InChI is InChI=1S/C13H15NO4/c1-18-13(17)11(9-15)14-12(16)8-7-10-5-3-2-4-6-10/h2-8,11,15H,9H2,1H3,(H,14,16)/b8-7+. The molecule has 0 saturated heterocycles. The minimum atomic E-state index is -1.04. The van der Waals surface area contributed by atoms with Crippen LogP contribution in [0.15, 0.2) is 36.4 Å². The van der Waals surface area contributed by atoms with Crippen LogP contribution in [-0.4, -0.2) is 36.7 Å². The second-order valence-corrected chi connectivity index (χ2v) is 3.51. The maximum Gasteiger partial charge on any atom is 0.330 e. The average molecular weight is 249 g/mol. The molecule has 1 rings (SSSR count). The summed E-state index contributed by atoms with van der Waals surface area (Å²) in [5, 5.41) is 11.3. The Balaban J connectivity index is 2.56. The Morgan fingerprint density at radius 2 is 2.06 bits per heavy atom. The van der Waals surface area contributed by atoms with Gasteiger partial charge in [0.05, 0.1) is 13.7 Å². The Labute approximate surface area is 105 Å². The van der Waals surface area contributed by atoms with Crippen molar-refractivity contribution >= 4 is 18.0 Å². The highest BCUT2D eigenvalue weighted by atomic mass is 16.5. The molecule has 0 bridgehead atoms. The van der Waals surface area contributed by atoms with Crippen molar-refractivity contribution in [3.8, 4) is 0 Å². The van der Waals surface area contributed by atoms with E-state index in [4.69, 9.17) is 5.11 Å². The highest BCUT2D eigenvalue weighted by Crippen LogP contribution is 2.00. The van der Waals surface area contributed by atoms with E-state index in [0.717, 1.165) is 5.56 Å². The minimum Gasteiger partial charge on any atom is -0.467 e. The first-order valence-electron chi connectivity index (χ1n) is 5.39. The molecule has 1 aromatic rings. The van der Waals surface area contributed by atoms with E-state index in [2.05, 4.69) is 10.1 Å². The molecular formula is C13H15NO4. The quantitative estimate of drug-likeness (QED) is 0.583. The van der Waals surface area contributed by atoms with Crippen molar-refractivity contribution in [2.45, 2.75) is 6.04 Å². The molecule has 0 radical (unpaired) electrons. The Kier molecular flexibility index (Phi) is 5.60. The first-order valence-corrected chi connectivity index (χ1v) is 5.39. The molecule has 0 heterocycles. The number of benzene rings is 1. The van der Waals surface area contributed by atoms with Gasteiger partial charge < -0.3 is 15.2 Å². The summed E-state index contributed by atoms with van der Waals surface area (Å²) in [5.41, 5.74) is 0.867. The summed E-state index contributed by atoms with van der Waals surface area (Å²) in [7, 11) is 1.19. The molecule has 1 unspecified atom stereocenters. The second-order valence-electron chi connectivity index (χ2n) is 3.51. The zero-order valence-corrected chi connectivity index (χ0v) is 10.00. The second kappa shape index (κ2) is 7.24. The van der Waals surface area contributed by atoms with E-state index in [0.29, 0.717) is 0 Å². The lowest BCUT2D eigenvalue weighted by atomic mass is 10.2. The van der Waals surface area contributed by atoms with Crippen LogP contribution in [0.25, 0.3) is 6.08 Å². The molecule has 18 heavy (non-hydrogen) atoms. The molecule has 5 nitrogen and oxygen atoms in total. The number of carbonyl (C=O) groups excluding carboxylic acids is 2. The van der Waals surface area contributed by atoms with Gasteiger partial charge in [0.2, 0.25) is 5.91 Å². The number of nitrogens with one attached hydrogen (secondary N) is 1. The van der Waals surface area contributed by atoms with E-state index >= 15 is 0 Å². The highest BCUT2D eigenvalue weighted by molar-refractivity contribution is 5.94. The maximum atomic E-state index is 11.5. The zero-order valence-electron chi connectivity index (χ0n) is 10.00. The lowest BCUT2D eigenvalue weighted by Gasteiger charge is -2.11. The van der Waals surface area contributed by atoms with Crippen LogP contribution in [0.3, 0.4) is 0 Å². The van der Waals surface area contributed by atoms with Gasteiger partial charge in [0.15, 0.2) is 6.04 Å². The van der Waals surface area contributed by atoms with Crippen LogP contribution in [0.5, 0.6) is 0 Å². The SMILES string of the molecule is COC(=O)C(CO)NC(=O)/C=C/c1ccccc1. The number of amides is 1. The highest BCUT2D eigenvalue weighted by Gasteiger charge is 2.18. The summed E-state index contributed by atoms with van der Waals surface area (Å²) in [6, 6.07) is 8.21. The summed E-state index contributed by atoms with van der Waals surface area (Å²) in [4.78, 5) is 22.6. The number of rotatable bonds is 5. The van der Waals surface area contributed by atoms with Gasteiger partial charge in [-0.25, -0.2) is 4.79 Å². The number of ether oxygens (including phenoxy) is 1. The molecule has 0 aromatic heterocycles. The Bertz CT molecular complexity index is 428. The maximum absolute atomic E-state index is 11.5. The summed E-state index contributed by atoms with van der Waals surface area (Å²) in [6.45, 7) is -0.502. The lowest BCUT2D eigenvalue weighted by molar-refractivity contribution is -0.145. The van der Waals surface area contributed by atoms with Gasteiger partial charge in [-0.2, -0.15) is 0 Å². The number of aliphatic hydroxyl groups excluding tert-OH is 1. The van der Waals surface area contributed by atoms with Crippen LogP contribution in [0.1, 0.15) is 5.56 Å². The molecule has 0 fully saturated rings. The van der Waals surface area contributed by atoms with Gasteiger partial charge in [-0.05, 0) is 11.6 Å². The van der Waals surface area contributed by atoms with Gasteiger partial charge in [0.25, 0.3) is 0 Å². The predicted octanol–water partition coefficient (Wildman–Crippen LogP) is 0.350. The molecule has 2 N–H and O–H groups in total. The molecule has 5 heteroatoms. The van der Waals surface area contributed by atoms with Crippen LogP contribution in [-0.2, 0) is 14.3 Å². The van der Waals surface area contributed by atoms with E-state index in [1.54, 1.807) is 6.08 Å². The first kappa shape index (κ1) is 13.9. The van der Waals surface area contributed by atoms with Crippen LogP contribution < -0.4 is 5.32 Å². The van der Waals surface area contributed by atoms with Gasteiger partial charge in [-0.15, -0.1) is 0 Å². The molecule has 0 spiro atoms. The third kappa shape index (κ3) is 4.39. The van der Waals surface area contributed by atoms with Crippen molar-refractivity contribution in [3.05, 3.63) is 42.0 Å². The van der Waals surface area contributed by atoms with Gasteiger partial charge >= 0.3 is 5.97 Å². The van der Waals surface area contributed by atoms with Crippen molar-refractivity contribution in [1.29, 1.82) is 0 Å². The molecule has 0 aliphatic heterocycles. The Morgan fingerprint density at radius 3 is 2.61 bits per heavy atom. The fourth-order valence-electron chi connectivity index (χ4n) is 1.28. The molecular weight excluding hydrogens is 234 g/mol. The fraction of sp³-hybridized carbons (Fsp3) is 0.231. The Morgan fingerprint density at radius 1 is 1.39 bits per heavy atom. The third-order valence-electron chi connectivity index (χ3n) is 2.21. The van der Waals surface area contributed by atoms with Crippen LogP contribution in [0.4, 0.5) is 0 Å². The van der Waals surface area contributed by atoms with Crippen molar-refractivity contribution in [1.82, 2.24) is 5.32 Å². The zero-order chi connectivity index (χ0) is 13.4. The Hall–Kier alpha value is -2.14. The topological polar surface area (TPSA) is 75.6 Å².